The Morgan fingerprint density at radius 3 is 1.46 bits per heavy atom. The number of aliphatic carboxylic acids is 1. The molecule has 0 amide bonds. The van der Waals surface area contributed by atoms with Crippen LogP contribution in [-0.4, -0.2) is 31.3 Å². The zero-order valence-corrected chi connectivity index (χ0v) is 31.0. The molecule has 0 saturated carbocycles. The van der Waals surface area contributed by atoms with Gasteiger partial charge in [-0.1, -0.05) is 187 Å². The molecule has 2 aromatic heterocycles. The number of rotatable bonds is 14. The van der Waals surface area contributed by atoms with E-state index in [9.17, 15) is 9.90 Å². The molecule has 0 spiro atoms. The van der Waals surface area contributed by atoms with Crippen molar-refractivity contribution in [3.63, 3.8) is 0 Å². The van der Waals surface area contributed by atoms with Gasteiger partial charge < -0.3 is 19.8 Å². The number of anilines is 1. The smallest absolute Gasteiger partial charge is 0.360 e. The molecule has 8 aromatic rings. The molecule has 8 rings (SSSR count). The number of aromatic nitrogens is 3. The number of carboxylic acids is 1. The quantitative estimate of drug-likeness (QED) is 0.0652. The highest BCUT2D eigenvalue weighted by Gasteiger charge is 2.40. The summed E-state index contributed by atoms with van der Waals surface area (Å²) in [7, 11) is 0. The van der Waals surface area contributed by atoms with Crippen molar-refractivity contribution in [1.29, 1.82) is 0 Å². The highest BCUT2D eigenvalue weighted by molar-refractivity contribution is 7.14. The number of imidazole rings is 1. The van der Waals surface area contributed by atoms with Crippen LogP contribution < -0.4 is 5.32 Å². The Labute approximate surface area is 329 Å². The summed E-state index contributed by atoms with van der Waals surface area (Å²) in [5.74, 6) is -1.26. The summed E-state index contributed by atoms with van der Waals surface area (Å²) in [5, 5.41) is 20.5. The largest absolute Gasteiger partial charge is 0.476 e. The van der Waals surface area contributed by atoms with Crippen LogP contribution in [0.5, 0.6) is 0 Å². The van der Waals surface area contributed by atoms with Crippen LogP contribution in [0.25, 0.3) is 0 Å². The maximum Gasteiger partial charge on any atom is 0.360 e. The summed E-state index contributed by atoms with van der Waals surface area (Å²) in [4.78, 5) is 28.0. The van der Waals surface area contributed by atoms with Crippen molar-refractivity contribution < 1.29 is 14.7 Å². The summed E-state index contributed by atoms with van der Waals surface area (Å²) < 4.78 is 2.07. The molecule has 0 bridgehead atoms. The molecular weight excluding hydrogens is 715 g/mol. The maximum atomic E-state index is 12.7. The van der Waals surface area contributed by atoms with E-state index in [1.165, 1.54) is 11.3 Å². The van der Waals surface area contributed by atoms with Gasteiger partial charge in [-0.25, -0.2) is 14.8 Å². The van der Waals surface area contributed by atoms with E-state index in [1.807, 2.05) is 109 Å². The van der Waals surface area contributed by atoms with Gasteiger partial charge >= 0.3 is 5.97 Å². The molecule has 9 heteroatoms. The number of nitrogens with one attached hydrogen (secondary N) is 1. The lowest BCUT2D eigenvalue weighted by molar-refractivity contribution is -0.129. The molecule has 0 aliphatic carbocycles. The fraction of sp³-hybridized carbons (Fsp3) is 0.0638. The van der Waals surface area contributed by atoms with E-state index < -0.39 is 17.0 Å². The van der Waals surface area contributed by atoms with E-state index in [-0.39, 0.29) is 18.0 Å². The van der Waals surface area contributed by atoms with Crippen LogP contribution in [0.2, 0.25) is 0 Å². The molecule has 274 valence electrons. The molecule has 0 unspecified atom stereocenters. The monoisotopic (exact) mass is 751 g/mol. The summed E-state index contributed by atoms with van der Waals surface area (Å²) in [6.07, 6.45) is 3.51. The Kier molecular flexibility index (Phi) is 10.3. The molecule has 0 aliphatic heterocycles. The van der Waals surface area contributed by atoms with E-state index in [2.05, 4.69) is 92.8 Å². The summed E-state index contributed by atoms with van der Waals surface area (Å²) >= 11 is 1.30. The number of carboxylic acid groups (broad SMARTS) is 1. The second kappa shape index (κ2) is 16.1. The zero-order chi connectivity index (χ0) is 38.2. The average Bonchev–Trinajstić information content (AvgIpc) is 3.94. The van der Waals surface area contributed by atoms with Gasteiger partial charge in [0.05, 0.1) is 18.2 Å². The van der Waals surface area contributed by atoms with Crippen LogP contribution in [-0.2, 0) is 27.3 Å². The van der Waals surface area contributed by atoms with Gasteiger partial charge in [-0.05, 0) is 33.4 Å². The lowest BCUT2D eigenvalue weighted by Gasteiger charge is -2.38. The number of benzene rings is 6. The number of oxime groups is 1. The molecule has 0 atom stereocenters. The number of thiazole rings is 1. The predicted octanol–water partition coefficient (Wildman–Crippen LogP) is 9.59. The first-order valence-corrected chi connectivity index (χ1v) is 19.0. The Bertz CT molecular complexity index is 2330. The standard InChI is InChI=1S/C47H37N5O3S/c53-44(54)43(42-33-56-45(49-42)50-46(35-19-7-1-8-20-35,36-21-9-2-10-22-36)37-23-11-3-12-24-37)51-55-32-41-31-48-34-52(41)47(38-25-13-4-14-26-38,39-27-15-5-16-28-39)40-29-17-6-18-30-40/h1-31,33-34H,32H2,(H,49,50)(H,53,54). The zero-order valence-electron chi connectivity index (χ0n) is 30.2. The van der Waals surface area contributed by atoms with Crippen LogP contribution in [0.15, 0.2) is 205 Å². The Hall–Kier alpha value is -7.10. The van der Waals surface area contributed by atoms with Gasteiger partial charge in [-0.2, -0.15) is 0 Å². The molecular formula is C47H37N5O3S. The molecule has 0 aliphatic rings. The van der Waals surface area contributed by atoms with E-state index in [4.69, 9.17) is 9.82 Å². The second-order valence-electron chi connectivity index (χ2n) is 13.1. The van der Waals surface area contributed by atoms with E-state index in [1.54, 1.807) is 17.9 Å². The van der Waals surface area contributed by atoms with E-state index >= 15 is 0 Å². The minimum Gasteiger partial charge on any atom is -0.476 e. The highest BCUT2D eigenvalue weighted by atomic mass is 32.1. The normalized spacial score (nSPS) is 11.9. The van der Waals surface area contributed by atoms with Crippen LogP contribution in [0, 0.1) is 0 Å². The molecule has 0 fully saturated rings. The Balaban J connectivity index is 1.14. The molecule has 0 radical (unpaired) electrons. The number of hydrogen-bond donors (Lipinski definition) is 2. The third-order valence-corrected chi connectivity index (χ3v) is 10.6. The van der Waals surface area contributed by atoms with Crippen molar-refractivity contribution in [3.05, 3.63) is 245 Å². The SMILES string of the molecule is O=C(O)C(=NOCc1cncn1C(c1ccccc1)(c1ccccc1)c1ccccc1)c1csc(NC(c2ccccc2)(c2ccccc2)c2ccccc2)n1. The van der Waals surface area contributed by atoms with Gasteiger partial charge in [-0.15, -0.1) is 11.3 Å². The fourth-order valence-corrected chi connectivity index (χ4v) is 8.18. The first-order valence-electron chi connectivity index (χ1n) is 18.1. The summed E-state index contributed by atoms with van der Waals surface area (Å²) in [6, 6.07) is 61.2. The number of carbonyl (C=O) groups is 1. The topological polar surface area (TPSA) is 102 Å². The van der Waals surface area contributed by atoms with Crippen LogP contribution >= 0.6 is 11.3 Å². The van der Waals surface area contributed by atoms with Crippen LogP contribution in [0.3, 0.4) is 0 Å². The van der Waals surface area contributed by atoms with E-state index in [0.29, 0.717) is 10.8 Å². The number of hydrogen-bond acceptors (Lipinski definition) is 7. The molecule has 56 heavy (non-hydrogen) atoms. The minimum absolute atomic E-state index is 0.0561. The van der Waals surface area contributed by atoms with Crippen LogP contribution in [0.4, 0.5) is 5.13 Å². The first-order chi connectivity index (χ1) is 27.6. The maximum absolute atomic E-state index is 12.7. The lowest BCUT2D eigenvalue weighted by atomic mass is 9.76. The minimum atomic E-state index is -1.26. The molecule has 2 heterocycles. The van der Waals surface area contributed by atoms with Crippen LogP contribution in [0.1, 0.15) is 44.8 Å². The average molecular weight is 752 g/mol. The van der Waals surface area contributed by atoms with E-state index in [0.717, 1.165) is 33.4 Å². The fourth-order valence-electron chi connectivity index (χ4n) is 7.43. The van der Waals surface area contributed by atoms with Crippen molar-refractivity contribution >= 4 is 28.1 Å². The Morgan fingerprint density at radius 2 is 1.05 bits per heavy atom. The van der Waals surface area contributed by atoms with Gasteiger partial charge in [0.25, 0.3) is 0 Å². The van der Waals surface area contributed by atoms with Gasteiger partial charge in [0.1, 0.15) is 16.8 Å². The third kappa shape index (κ3) is 6.76. The highest BCUT2D eigenvalue weighted by Crippen LogP contribution is 2.42. The molecule has 2 N–H and O–H groups in total. The van der Waals surface area contributed by atoms with Crippen molar-refractivity contribution in [2.45, 2.75) is 17.7 Å². The summed E-state index contributed by atoms with van der Waals surface area (Å²) in [5.41, 5.74) is 4.95. The van der Waals surface area contributed by atoms with Gasteiger partial charge in [0.15, 0.2) is 11.7 Å². The first kappa shape index (κ1) is 35.9. The molecule has 0 saturated heterocycles. The molecule has 6 aromatic carbocycles. The van der Waals surface area contributed by atoms with Crippen molar-refractivity contribution in [2.24, 2.45) is 5.16 Å². The number of nitrogens with zero attached hydrogens (tertiary/aromatic N) is 4. The van der Waals surface area contributed by atoms with Gasteiger partial charge in [0.2, 0.25) is 5.71 Å². The lowest BCUT2D eigenvalue weighted by Crippen LogP contribution is -2.38. The summed E-state index contributed by atoms with van der Waals surface area (Å²) in [6.45, 7) is -0.0561. The predicted molar refractivity (Wildman–Crippen MR) is 221 cm³/mol. The second-order valence-corrected chi connectivity index (χ2v) is 14.0. The molecule has 8 nitrogen and oxygen atoms in total. The van der Waals surface area contributed by atoms with Gasteiger partial charge in [-0.3, -0.25) is 0 Å². The van der Waals surface area contributed by atoms with Crippen molar-refractivity contribution in [1.82, 2.24) is 14.5 Å². The van der Waals surface area contributed by atoms with Crippen molar-refractivity contribution in [2.75, 3.05) is 5.32 Å². The Morgan fingerprint density at radius 1 is 0.643 bits per heavy atom. The van der Waals surface area contributed by atoms with Gasteiger partial charge in [0, 0.05) is 5.38 Å². The van der Waals surface area contributed by atoms with Crippen molar-refractivity contribution in [3.8, 4) is 0 Å². The third-order valence-electron chi connectivity index (χ3n) is 9.88.